The molecule has 0 aliphatic carbocycles. The molecule has 8 N–H and O–H groups in total. The first-order chi connectivity index (χ1) is 19.5. The molecule has 0 fully saturated rings. The number of fused-ring (bicyclic) bond motifs is 1. The SMILES string of the molecule is CCC(C)C(N)C(=O)NC(Cc1cnc[nH]1)C(=O)NC(CC(C)C)C(=O)NC(Cc1c[nH]c2ccccc12)C(=O)O. The van der Waals surface area contributed by atoms with Crippen molar-refractivity contribution < 1.29 is 24.3 Å². The summed E-state index contributed by atoms with van der Waals surface area (Å²) >= 11 is 0. The molecule has 2 aromatic heterocycles. The first kappa shape index (κ1) is 31.3. The summed E-state index contributed by atoms with van der Waals surface area (Å²) in [6.45, 7) is 7.56. The largest absolute Gasteiger partial charge is 0.480 e. The number of carboxylic acid groups (broad SMARTS) is 1. The average molecular weight is 568 g/mol. The summed E-state index contributed by atoms with van der Waals surface area (Å²) in [6.07, 6.45) is 5.83. The lowest BCUT2D eigenvalue weighted by molar-refractivity contribution is -0.142. The van der Waals surface area contributed by atoms with Crippen LogP contribution >= 0.6 is 0 Å². The Morgan fingerprint density at radius 1 is 0.927 bits per heavy atom. The van der Waals surface area contributed by atoms with Gasteiger partial charge in [-0.15, -0.1) is 0 Å². The van der Waals surface area contributed by atoms with Gasteiger partial charge in [-0.1, -0.05) is 52.3 Å². The van der Waals surface area contributed by atoms with Crippen molar-refractivity contribution in [1.29, 1.82) is 0 Å². The molecule has 0 bridgehead atoms. The number of carbonyl (C=O) groups is 4. The minimum absolute atomic E-state index is 0.00224. The molecule has 0 radical (unpaired) electrons. The zero-order valence-electron chi connectivity index (χ0n) is 23.9. The smallest absolute Gasteiger partial charge is 0.326 e. The van der Waals surface area contributed by atoms with Gasteiger partial charge in [0.05, 0.1) is 12.4 Å². The minimum atomic E-state index is -1.22. The molecule has 3 rings (SSSR count). The molecule has 5 unspecified atom stereocenters. The molecule has 12 heteroatoms. The zero-order valence-corrected chi connectivity index (χ0v) is 23.9. The standard InChI is InChI=1S/C29H41N7O5/c1-5-17(4)25(30)28(39)35-23(12-19-14-31-15-33-19)27(38)34-22(10-16(2)3)26(37)36-24(29(40)41)11-18-13-32-21-9-7-6-8-20(18)21/h6-9,13-17,22-25,32H,5,10-12,30H2,1-4H3,(H,31,33)(H,34,38)(H,35,39)(H,36,37)(H,40,41). The van der Waals surface area contributed by atoms with Crippen molar-refractivity contribution in [3.8, 4) is 0 Å². The summed E-state index contributed by atoms with van der Waals surface area (Å²) in [6, 6.07) is 3.39. The van der Waals surface area contributed by atoms with Crippen molar-refractivity contribution in [3.05, 3.63) is 54.2 Å². The number of aromatic amines is 2. The summed E-state index contributed by atoms with van der Waals surface area (Å²) in [5.41, 5.74) is 8.31. The van der Waals surface area contributed by atoms with Crippen LogP contribution in [0.5, 0.6) is 0 Å². The van der Waals surface area contributed by atoms with Crippen LogP contribution in [0.15, 0.2) is 43.0 Å². The molecule has 0 aliphatic rings. The van der Waals surface area contributed by atoms with E-state index >= 15 is 0 Å². The van der Waals surface area contributed by atoms with E-state index < -0.39 is 47.9 Å². The van der Waals surface area contributed by atoms with Crippen LogP contribution in [0.2, 0.25) is 0 Å². The maximum Gasteiger partial charge on any atom is 0.326 e. The van der Waals surface area contributed by atoms with Gasteiger partial charge in [-0.05, 0) is 29.9 Å². The van der Waals surface area contributed by atoms with Gasteiger partial charge in [-0.3, -0.25) is 14.4 Å². The van der Waals surface area contributed by atoms with Gasteiger partial charge in [0.25, 0.3) is 0 Å². The number of rotatable bonds is 15. The lowest BCUT2D eigenvalue weighted by Gasteiger charge is -2.26. The third-order valence-electron chi connectivity index (χ3n) is 7.23. The van der Waals surface area contributed by atoms with Gasteiger partial charge in [0.2, 0.25) is 17.7 Å². The highest BCUT2D eigenvalue weighted by molar-refractivity contribution is 5.94. The average Bonchev–Trinajstić information content (AvgIpc) is 3.60. The summed E-state index contributed by atoms with van der Waals surface area (Å²) in [5.74, 6) is -2.98. The Morgan fingerprint density at radius 3 is 2.22 bits per heavy atom. The summed E-state index contributed by atoms with van der Waals surface area (Å²) < 4.78 is 0. The molecule has 0 aliphatic heterocycles. The molecule has 222 valence electrons. The number of imidazole rings is 1. The van der Waals surface area contributed by atoms with E-state index in [2.05, 4.69) is 30.9 Å². The second-order valence-electron chi connectivity index (χ2n) is 10.9. The molecular formula is C29H41N7O5. The van der Waals surface area contributed by atoms with Gasteiger partial charge in [0.1, 0.15) is 18.1 Å². The van der Waals surface area contributed by atoms with Gasteiger partial charge in [0.15, 0.2) is 0 Å². The number of hydrogen-bond acceptors (Lipinski definition) is 6. The fraction of sp³-hybridized carbons (Fsp3) is 0.483. The number of nitrogens with two attached hydrogens (primary N) is 1. The highest BCUT2D eigenvalue weighted by atomic mass is 16.4. The molecule has 41 heavy (non-hydrogen) atoms. The third kappa shape index (κ3) is 8.65. The van der Waals surface area contributed by atoms with Crippen molar-refractivity contribution >= 4 is 34.6 Å². The second kappa shape index (κ2) is 14.4. The molecular weight excluding hydrogens is 526 g/mol. The predicted molar refractivity (Wildman–Crippen MR) is 155 cm³/mol. The topological polar surface area (TPSA) is 195 Å². The summed E-state index contributed by atoms with van der Waals surface area (Å²) in [4.78, 5) is 61.9. The van der Waals surface area contributed by atoms with Crippen LogP contribution < -0.4 is 21.7 Å². The fourth-order valence-electron chi connectivity index (χ4n) is 4.57. The number of carbonyl (C=O) groups excluding carboxylic acids is 3. The molecule has 12 nitrogen and oxygen atoms in total. The molecule has 0 spiro atoms. The second-order valence-corrected chi connectivity index (χ2v) is 10.9. The number of amides is 3. The van der Waals surface area contributed by atoms with Gasteiger partial charge < -0.3 is 36.8 Å². The van der Waals surface area contributed by atoms with E-state index in [0.717, 1.165) is 16.5 Å². The maximum absolute atomic E-state index is 13.5. The summed E-state index contributed by atoms with van der Waals surface area (Å²) in [7, 11) is 0. The van der Waals surface area contributed by atoms with Gasteiger partial charge in [-0.25, -0.2) is 9.78 Å². The van der Waals surface area contributed by atoms with Gasteiger partial charge in [0, 0.05) is 41.8 Å². The van der Waals surface area contributed by atoms with Crippen LogP contribution in [0.25, 0.3) is 10.9 Å². The number of para-hydroxylation sites is 1. The Bertz CT molecular complexity index is 1320. The number of nitrogens with zero attached hydrogens (tertiary/aromatic N) is 1. The zero-order chi connectivity index (χ0) is 30.1. The quantitative estimate of drug-likeness (QED) is 0.145. The molecule has 3 aromatic rings. The van der Waals surface area contributed by atoms with Crippen LogP contribution in [0.3, 0.4) is 0 Å². The fourth-order valence-corrected chi connectivity index (χ4v) is 4.57. The highest BCUT2D eigenvalue weighted by Crippen LogP contribution is 2.19. The van der Waals surface area contributed by atoms with E-state index in [9.17, 15) is 24.3 Å². The molecule has 0 saturated heterocycles. The van der Waals surface area contributed by atoms with Gasteiger partial charge in [-0.2, -0.15) is 0 Å². The van der Waals surface area contributed by atoms with Crippen molar-refractivity contribution in [2.75, 3.05) is 0 Å². The highest BCUT2D eigenvalue weighted by Gasteiger charge is 2.32. The van der Waals surface area contributed by atoms with Crippen LogP contribution in [0.1, 0.15) is 51.8 Å². The first-order valence-electron chi connectivity index (χ1n) is 13.9. The number of carboxylic acids is 1. The van der Waals surface area contributed by atoms with E-state index in [-0.39, 0.29) is 31.1 Å². The van der Waals surface area contributed by atoms with Crippen LogP contribution in [0, 0.1) is 11.8 Å². The number of benzene rings is 1. The van der Waals surface area contributed by atoms with Crippen molar-refractivity contribution in [2.24, 2.45) is 17.6 Å². The molecule has 1 aromatic carbocycles. The van der Waals surface area contributed by atoms with Crippen LogP contribution in [-0.2, 0) is 32.0 Å². The summed E-state index contributed by atoms with van der Waals surface area (Å²) in [5, 5.41) is 18.8. The van der Waals surface area contributed by atoms with E-state index in [4.69, 9.17) is 5.73 Å². The van der Waals surface area contributed by atoms with E-state index in [1.807, 2.05) is 52.0 Å². The monoisotopic (exact) mass is 567 g/mol. The lowest BCUT2D eigenvalue weighted by Crippen LogP contribution is -2.58. The third-order valence-corrected chi connectivity index (χ3v) is 7.23. The van der Waals surface area contributed by atoms with E-state index in [1.54, 1.807) is 12.4 Å². The Labute approximate surface area is 239 Å². The Hall–Kier alpha value is -4.19. The predicted octanol–water partition coefficient (Wildman–Crippen LogP) is 1.63. The number of H-pyrrole nitrogens is 2. The van der Waals surface area contributed by atoms with Crippen LogP contribution in [-0.4, -0.2) is 67.9 Å². The molecule has 3 amide bonds. The lowest BCUT2D eigenvalue weighted by atomic mass is 9.98. The molecule has 0 saturated carbocycles. The number of hydrogen-bond donors (Lipinski definition) is 7. The number of nitrogens with one attached hydrogen (secondary N) is 5. The molecule has 5 atom stereocenters. The van der Waals surface area contributed by atoms with E-state index in [0.29, 0.717) is 12.1 Å². The van der Waals surface area contributed by atoms with Crippen LogP contribution in [0.4, 0.5) is 0 Å². The minimum Gasteiger partial charge on any atom is -0.480 e. The Kier molecular flexibility index (Phi) is 11.0. The molecule has 2 heterocycles. The first-order valence-corrected chi connectivity index (χ1v) is 13.9. The van der Waals surface area contributed by atoms with Crippen molar-refractivity contribution in [1.82, 2.24) is 30.9 Å². The van der Waals surface area contributed by atoms with E-state index in [1.165, 1.54) is 6.33 Å². The maximum atomic E-state index is 13.5. The number of aliphatic carboxylic acids is 1. The Balaban J connectivity index is 1.77. The van der Waals surface area contributed by atoms with Crippen molar-refractivity contribution in [3.63, 3.8) is 0 Å². The Morgan fingerprint density at radius 2 is 1.59 bits per heavy atom. The van der Waals surface area contributed by atoms with Gasteiger partial charge >= 0.3 is 5.97 Å². The normalized spacial score (nSPS) is 15.1. The number of aromatic nitrogens is 3. The van der Waals surface area contributed by atoms with Crippen molar-refractivity contribution in [2.45, 2.75) is 77.5 Å².